The Morgan fingerprint density at radius 2 is 1.94 bits per heavy atom. The van der Waals surface area contributed by atoms with Gasteiger partial charge in [-0.25, -0.2) is 0 Å². The van der Waals surface area contributed by atoms with E-state index in [1.807, 2.05) is 56.0 Å². The highest BCUT2D eigenvalue weighted by Gasteiger charge is 2.43. The van der Waals surface area contributed by atoms with Crippen molar-refractivity contribution in [2.24, 2.45) is 11.3 Å². The van der Waals surface area contributed by atoms with Gasteiger partial charge in [0.15, 0.2) is 0 Å². The average molecular weight is 247 g/mol. The van der Waals surface area contributed by atoms with E-state index in [2.05, 4.69) is 0 Å². The molecular formula is C15H21NO2. The minimum Gasteiger partial charge on any atom is -0.392 e. The Hall–Kier alpha value is -1.35. The van der Waals surface area contributed by atoms with E-state index in [4.69, 9.17) is 0 Å². The molecule has 0 saturated carbocycles. The van der Waals surface area contributed by atoms with Crippen LogP contribution in [0.4, 0.5) is 0 Å². The molecule has 98 valence electrons. The van der Waals surface area contributed by atoms with Crippen molar-refractivity contribution in [2.75, 3.05) is 6.54 Å². The number of piperidine rings is 1. The lowest BCUT2D eigenvalue weighted by atomic mass is 9.76. The number of hydrogen-bond donors (Lipinski definition) is 1. The lowest BCUT2D eigenvalue weighted by molar-refractivity contribution is -0.155. The number of carbonyl (C=O) groups excluding carboxylic acids is 1. The summed E-state index contributed by atoms with van der Waals surface area (Å²) in [5.41, 5.74) is 0.882. The predicted octanol–water partition coefficient (Wildman–Crippen LogP) is 2.05. The third-order valence-corrected chi connectivity index (χ3v) is 3.79. The molecule has 2 rings (SSSR count). The van der Waals surface area contributed by atoms with Crippen molar-refractivity contribution in [1.29, 1.82) is 0 Å². The quantitative estimate of drug-likeness (QED) is 0.869. The van der Waals surface area contributed by atoms with E-state index in [0.717, 1.165) is 5.56 Å². The zero-order valence-corrected chi connectivity index (χ0v) is 11.3. The van der Waals surface area contributed by atoms with Crippen LogP contribution in [0.25, 0.3) is 0 Å². The van der Waals surface area contributed by atoms with Crippen molar-refractivity contribution in [3.8, 4) is 0 Å². The number of likely N-dealkylation sites (tertiary alicyclic amines) is 1. The minimum absolute atomic E-state index is 0.0469. The van der Waals surface area contributed by atoms with Crippen molar-refractivity contribution in [1.82, 2.24) is 4.90 Å². The molecule has 0 aromatic heterocycles. The molecular weight excluding hydrogens is 226 g/mol. The summed E-state index contributed by atoms with van der Waals surface area (Å²) in [4.78, 5) is 14.0. The summed E-state index contributed by atoms with van der Waals surface area (Å²) >= 11 is 0. The third-order valence-electron chi connectivity index (χ3n) is 3.79. The second-order valence-corrected chi connectivity index (χ2v) is 5.90. The number of rotatable bonds is 2. The molecule has 18 heavy (non-hydrogen) atoms. The van der Waals surface area contributed by atoms with E-state index in [9.17, 15) is 9.90 Å². The summed E-state index contributed by atoms with van der Waals surface area (Å²) in [6.07, 6.45) is -0.558. The summed E-state index contributed by atoms with van der Waals surface area (Å²) in [6, 6.07) is 9.98. The van der Waals surface area contributed by atoms with Gasteiger partial charge in [0.1, 0.15) is 0 Å². The van der Waals surface area contributed by atoms with Crippen molar-refractivity contribution < 1.29 is 9.90 Å². The summed E-state index contributed by atoms with van der Waals surface area (Å²) < 4.78 is 0. The molecule has 1 amide bonds. The van der Waals surface area contributed by atoms with Crippen LogP contribution in [0.2, 0.25) is 0 Å². The number of aliphatic hydroxyl groups is 1. The lowest BCUT2D eigenvalue weighted by Gasteiger charge is -2.44. The van der Waals surface area contributed by atoms with E-state index in [-0.39, 0.29) is 17.2 Å². The topological polar surface area (TPSA) is 40.5 Å². The van der Waals surface area contributed by atoms with Crippen molar-refractivity contribution >= 4 is 5.91 Å². The maximum atomic E-state index is 12.2. The molecule has 0 radical (unpaired) electrons. The van der Waals surface area contributed by atoms with Crippen LogP contribution in [0, 0.1) is 11.3 Å². The second kappa shape index (κ2) is 4.73. The van der Waals surface area contributed by atoms with Crippen LogP contribution in [0.1, 0.15) is 26.3 Å². The van der Waals surface area contributed by atoms with Gasteiger partial charge in [-0.1, -0.05) is 51.1 Å². The van der Waals surface area contributed by atoms with Crippen LogP contribution >= 0.6 is 0 Å². The molecule has 1 aromatic carbocycles. The Labute approximate surface area is 108 Å². The van der Waals surface area contributed by atoms with Gasteiger partial charge in [-0.2, -0.15) is 0 Å². The Balaban J connectivity index is 2.16. The highest BCUT2D eigenvalue weighted by molar-refractivity contribution is 5.80. The Morgan fingerprint density at radius 3 is 2.56 bits per heavy atom. The SMILES string of the molecule is C[C@@H]1C(=O)N(Cc2ccccc2)CC(C)(C)[C@H]1O. The van der Waals surface area contributed by atoms with Gasteiger partial charge in [0.05, 0.1) is 12.0 Å². The maximum Gasteiger partial charge on any atom is 0.228 e. The van der Waals surface area contributed by atoms with Gasteiger partial charge in [0, 0.05) is 18.5 Å². The molecule has 1 fully saturated rings. The maximum absolute atomic E-state index is 12.2. The van der Waals surface area contributed by atoms with Gasteiger partial charge in [-0.05, 0) is 5.56 Å². The van der Waals surface area contributed by atoms with Gasteiger partial charge in [0.2, 0.25) is 5.91 Å². The third kappa shape index (κ3) is 2.41. The molecule has 3 heteroatoms. The summed E-state index contributed by atoms with van der Waals surface area (Å²) in [5.74, 6) is -0.275. The number of carbonyl (C=O) groups is 1. The first-order chi connectivity index (χ1) is 8.42. The van der Waals surface area contributed by atoms with E-state index in [1.165, 1.54) is 0 Å². The smallest absolute Gasteiger partial charge is 0.228 e. The number of benzene rings is 1. The van der Waals surface area contributed by atoms with Gasteiger partial charge >= 0.3 is 0 Å². The molecule has 0 unspecified atom stereocenters. The molecule has 0 spiro atoms. The number of amides is 1. The largest absolute Gasteiger partial charge is 0.392 e. The fraction of sp³-hybridized carbons (Fsp3) is 0.533. The Morgan fingerprint density at radius 1 is 1.33 bits per heavy atom. The molecule has 1 saturated heterocycles. The van der Waals surface area contributed by atoms with E-state index >= 15 is 0 Å². The summed E-state index contributed by atoms with van der Waals surface area (Å²) in [5, 5.41) is 10.1. The van der Waals surface area contributed by atoms with E-state index in [0.29, 0.717) is 13.1 Å². The molecule has 1 heterocycles. The van der Waals surface area contributed by atoms with Crippen molar-refractivity contribution in [3.63, 3.8) is 0 Å². The first-order valence-corrected chi connectivity index (χ1v) is 6.42. The molecule has 0 aliphatic carbocycles. The van der Waals surface area contributed by atoms with Gasteiger partial charge in [-0.15, -0.1) is 0 Å². The predicted molar refractivity (Wildman–Crippen MR) is 70.8 cm³/mol. The normalized spacial score (nSPS) is 27.3. The molecule has 2 atom stereocenters. The first-order valence-electron chi connectivity index (χ1n) is 6.42. The highest BCUT2D eigenvalue weighted by atomic mass is 16.3. The fourth-order valence-electron chi connectivity index (χ4n) is 2.70. The van der Waals surface area contributed by atoms with Crippen LogP contribution in [-0.2, 0) is 11.3 Å². The molecule has 1 aromatic rings. The molecule has 1 aliphatic rings. The van der Waals surface area contributed by atoms with Crippen LogP contribution in [0.15, 0.2) is 30.3 Å². The van der Waals surface area contributed by atoms with Gasteiger partial charge in [0.25, 0.3) is 0 Å². The monoisotopic (exact) mass is 247 g/mol. The molecule has 1 N–H and O–H groups in total. The van der Waals surface area contributed by atoms with Crippen LogP contribution < -0.4 is 0 Å². The summed E-state index contributed by atoms with van der Waals surface area (Å²) in [6.45, 7) is 7.06. The van der Waals surface area contributed by atoms with Crippen molar-refractivity contribution in [2.45, 2.75) is 33.4 Å². The van der Waals surface area contributed by atoms with Crippen LogP contribution in [0.5, 0.6) is 0 Å². The second-order valence-electron chi connectivity index (χ2n) is 5.90. The number of hydrogen-bond acceptors (Lipinski definition) is 2. The average Bonchev–Trinajstić information content (AvgIpc) is 2.35. The molecule has 3 nitrogen and oxygen atoms in total. The molecule has 0 bridgehead atoms. The standard InChI is InChI=1S/C15H21NO2/c1-11-13(17)15(2,3)10-16(14(11)18)9-12-7-5-4-6-8-12/h4-8,11,13,17H,9-10H2,1-3H3/t11-,13-/m0/s1. The zero-order chi connectivity index (χ0) is 13.3. The number of nitrogens with zero attached hydrogens (tertiary/aromatic N) is 1. The van der Waals surface area contributed by atoms with E-state index in [1.54, 1.807) is 0 Å². The van der Waals surface area contributed by atoms with Gasteiger partial charge in [-0.3, -0.25) is 4.79 Å². The highest BCUT2D eigenvalue weighted by Crippen LogP contribution is 2.33. The Kier molecular flexibility index (Phi) is 3.44. The van der Waals surface area contributed by atoms with Crippen LogP contribution in [-0.4, -0.2) is 28.6 Å². The van der Waals surface area contributed by atoms with E-state index < -0.39 is 6.10 Å². The summed E-state index contributed by atoms with van der Waals surface area (Å²) in [7, 11) is 0. The van der Waals surface area contributed by atoms with Crippen molar-refractivity contribution in [3.05, 3.63) is 35.9 Å². The fourth-order valence-corrected chi connectivity index (χ4v) is 2.70. The van der Waals surface area contributed by atoms with Crippen LogP contribution in [0.3, 0.4) is 0 Å². The number of aliphatic hydroxyl groups excluding tert-OH is 1. The molecule has 1 aliphatic heterocycles. The van der Waals surface area contributed by atoms with Gasteiger partial charge < -0.3 is 10.0 Å². The minimum atomic E-state index is -0.558. The zero-order valence-electron chi connectivity index (χ0n) is 11.3. The first kappa shape index (κ1) is 13.1. The lowest BCUT2D eigenvalue weighted by Crippen LogP contribution is -2.56. The Bertz CT molecular complexity index is 427.